The van der Waals surface area contributed by atoms with Crippen LogP contribution in [0.4, 0.5) is 4.39 Å². The number of hydrogen-bond donors (Lipinski definition) is 0. The lowest BCUT2D eigenvalue weighted by atomic mass is 10.1. The highest BCUT2D eigenvalue weighted by molar-refractivity contribution is 7.98. The number of rotatable bonds is 8. The fourth-order valence-corrected chi connectivity index (χ4v) is 4.25. The van der Waals surface area contributed by atoms with E-state index >= 15 is 0 Å². The molecule has 156 valence electrons. The number of benzene rings is 2. The van der Waals surface area contributed by atoms with E-state index in [9.17, 15) is 4.39 Å². The van der Waals surface area contributed by atoms with Gasteiger partial charge in [-0.25, -0.2) is 4.39 Å². The second-order valence-corrected chi connectivity index (χ2v) is 7.85. The van der Waals surface area contributed by atoms with Gasteiger partial charge in [-0.3, -0.25) is 4.57 Å². The highest BCUT2D eigenvalue weighted by atomic mass is 35.5. The zero-order valence-electron chi connectivity index (χ0n) is 16.0. The van der Waals surface area contributed by atoms with Crippen molar-refractivity contribution in [2.24, 2.45) is 0 Å². The number of allylic oxidation sites excluding steroid dienone is 1. The normalized spacial score (nSPS) is 12.9. The molecule has 0 radical (unpaired) electrons. The van der Waals surface area contributed by atoms with E-state index in [-0.39, 0.29) is 19.1 Å². The van der Waals surface area contributed by atoms with Gasteiger partial charge in [-0.1, -0.05) is 41.6 Å². The first-order valence-corrected chi connectivity index (χ1v) is 10.6. The number of thioether (sulfide) groups is 1. The Hall–Kier alpha value is -2.55. The zero-order valence-corrected chi connectivity index (χ0v) is 17.6. The maximum Gasteiger partial charge on any atom is 0.191 e. The molecular weight excluding hydrogens is 429 g/mol. The molecule has 9 heteroatoms. The van der Waals surface area contributed by atoms with Crippen LogP contribution in [0.2, 0.25) is 5.02 Å². The molecule has 0 atom stereocenters. The van der Waals surface area contributed by atoms with Gasteiger partial charge in [0, 0.05) is 28.4 Å². The Bertz CT molecular complexity index is 1060. The molecule has 1 aromatic heterocycles. The minimum Gasteiger partial charge on any atom is -0.483 e. The topological polar surface area (TPSA) is 58.4 Å². The fourth-order valence-electron chi connectivity index (χ4n) is 3.06. The molecule has 0 aliphatic carbocycles. The van der Waals surface area contributed by atoms with Crippen molar-refractivity contribution in [1.82, 2.24) is 14.8 Å². The van der Waals surface area contributed by atoms with E-state index in [1.54, 1.807) is 24.3 Å². The molecular formula is C21H19ClFN3O3S. The number of fused-ring (bicyclic) bond motifs is 1. The number of ether oxygens (including phenoxy) is 3. The third-order valence-electron chi connectivity index (χ3n) is 4.41. The molecule has 4 rings (SSSR count). The van der Waals surface area contributed by atoms with Crippen LogP contribution in [0.3, 0.4) is 0 Å². The van der Waals surface area contributed by atoms with Crippen LogP contribution in [0, 0.1) is 5.82 Å². The van der Waals surface area contributed by atoms with Gasteiger partial charge in [0.05, 0.1) is 6.61 Å². The summed E-state index contributed by atoms with van der Waals surface area (Å²) in [6, 6.07) is 9.99. The molecule has 0 amide bonds. The predicted molar refractivity (Wildman–Crippen MR) is 112 cm³/mol. The Balaban J connectivity index is 1.50. The molecule has 0 spiro atoms. The average molecular weight is 448 g/mol. The van der Waals surface area contributed by atoms with E-state index in [2.05, 4.69) is 16.8 Å². The van der Waals surface area contributed by atoms with Crippen molar-refractivity contribution in [1.29, 1.82) is 0 Å². The summed E-state index contributed by atoms with van der Waals surface area (Å²) in [5, 5.41) is 9.82. The molecule has 2 heterocycles. The number of halogens is 2. The SMILES string of the molecule is C=CCn1c(COc2ccccc2F)nnc1SCc1cc(Cl)cc2c1OCOC2. The minimum absolute atomic E-state index is 0.0926. The van der Waals surface area contributed by atoms with Gasteiger partial charge < -0.3 is 14.2 Å². The summed E-state index contributed by atoms with van der Waals surface area (Å²) in [6.45, 7) is 5.08. The molecule has 0 saturated carbocycles. The maximum atomic E-state index is 13.8. The third-order valence-corrected chi connectivity index (χ3v) is 5.64. The first-order chi connectivity index (χ1) is 14.7. The molecule has 6 nitrogen and oxygen atoms in total. The van der Waals surface area contributed by atoms with E-state index < -0.39 is 5.82 Å². The maximum absolute atomic E-state index is 13.8. The molecule has 3 aromatic rings. The van der Waals surface area contributed by atoms with Gasteiger partial charge in [0.15, 0.2) is 29.3 Å². The molecule has 1 aliphatic heterocycles. The molecule has 0 bridgehead atoms. The quantitative estimate of drug-likeness (QED) is 0.358. The van der Waals surface area contributed by atoms with Crippen LogP contribution in [0.5, 0.6) is 11.5 Å². The molecule has 0 fully saturated rings. The van der Waals surface area contributed by atoms with Crippen LogP contribution in [-0.2, 0) is 30.2 Å². The zero-order chi connectivity index (χ0) is 20.9. The Labute approximate surface area is 182 Å². The van der Waals surface area contributed by atoms with Crippen molar-refractivity contribution in [3.63, 3.8) is 0 Å². The number of hydrogen-bond acceptors (Lipinski definition) is 6. The second-order valence-electron chi connectivity index (χ2n) is 6.47. The summed E-state index contributed by atoms with van der Waals surface area (Å²) in [7, 11) is 0. The molecule has 0 unspecified atom stereocenters. The lowest BCUT2D eigenvalue weighted by molar-refractivity contribution is -0.0168. The first-order valence-electron chi connectivity index (χ1n) is 9.20. The van der Waals surface area contributed by atoms with E-state index in [0.29, 0.717) is 34.9 Å². The number of nitrogens with zero attached hydrogens (tertiary/aromatic N) is 3. The van der Waals surface area contributed by atoms with Gasteiger partial charge in [0.1, 0.15) is 12.4 Å². The van der Waals surface area contributed by atoms with Crippen molar-refractivity contribution in [3.05, 3.63) is 76.8 Å². The number of aromatic nitrogens is 3. The van der Waals surface area contributed by atoms with Crippen molar-refractivity contribution in [2.45, 2.75) is 30.7 Å². The van der Waals surface area contributed by atoms with Crippen molar-refractivity contribution in [2.75, 3.05) is 6.79 Å². The number of para-hydroxylation sites is 1. The van der Waals surface area contributed by atoms with Gasteiger partial charge in [0.25, 0.3) is 0 Å². The average Bonchev–Trinajstić information content (AvgIpc) is 3.13. The van der Waals surface area contributed by atoms with Crippen LogP contribution < -0.4 is 9.47 Å². The summed E-state index contributed by atoms with van der Waals surface area (Å²) in [6.07, 6.45) is 1.75. The van der Waals surface area contributed by atoms with Crippen molar-refractivity contribution >= 4 is 23.4 Å². The van der Waals surface area contributed by atoms with Crippen LogP contribution in [0.25, 0.3) is 0 Å². The lowest BCUT2D eigenvalue weighted by Crippen LogP contribution is -2.13. The van der Waals surface area contributed by atoms with Crippen LogP contribution in [0.1, 0.15) is 17.0 Å². The predicted octanol–water partition coefficient (Wildman–Crippen LogP) is 4.99. The van der Waals surface area contributed by atoms with Gasteiger partial charge in [-0.2, -0.15) is 0 Å². The minimum atomic E-state index is -0.420. The first kappa shape index (κ1) is 20.7. The van der Waals surface area contributed by atoms with Crippen LogP contribution in [-0.4, -0.2) is 21.6 Å². The third kappa shape index (κ3) is 4.61. The van der Waals surface area contributed by atoms with E-state index in [0.717, 1.165) is 16.9 Å². The van der Waals surface area contributed by atoms with E-state index in [1.807, 2.05) is 16.7 Å². The van der Waals surface area contributed by atoms with Gasteiger partial charge >= 0.3 is 0 Å². The van der Waals surface area contributed by atoms with Crippen molar-refractivity contribution < 1.29 is 18.6 Å². The monoisotopic (exact) mass is 447 g/mol. The van der Waals surface area contributed by atoms with E-state index in [4.69, 9.17) is 25.8 Å². The fraction of sp³-hybridized carbons (Fsp3) is 0.238. The molecule has 0 saturated heterocycles. The molecule has 30 heavy (non-hydrogen) atoms. The summed E-state index contributed by atoms with van der Waals surface area (Å²) in [5.41, 5.74) is 1.89. The van der Waals surface area contributed by atoms with Crippen LogP contribution >= 0.6 is 23.4 Å². The highest BCUT2D eigenvalue weighted by Crippen LogP contribution is 2.35. The largest absolute Gasteiger partial charge is 0.483 e. The lowest BCUT2D eigenvalue weighted by Gasteiger charge is -2.21. The Morgan fingerprint density at radius 3 is 3.00 bits per heavy atom. The summed E-state index contributed by atoms with van der Waals surface area (Å²) >= 11 is 7.75. The standard InChI is InChI=1S/C21H19ClFN3O3S/c1-2-7-26-19(11-28-18-6-4-3-5-17(18)23)24-25-21(26)30-12-15-9-16(22)8-14-10-27-13-29-20(14)15/h2-6,8-9H,1,7,10-13H2. The summed E-state index contributed by atoms with van der Waals surface area (Å²) in [5.74, 6) is 1.72. The van der Waals surface area contributed by atoms with Gasteiger partial charge in [-0.05, 0) is 24.3 Å². The summed E-state index contributed by atoms with van der Waals surface area (Å²) in [4.78, 5) is 0. The van der Waals surface area contributed by atoms with Gasteiger partial charge in [0.2, 0.25) is 0 Å². The molecule has 0 N–H and O–H groups in total. The van der Waals surface area contributed by atoms with Crippen LogP contribution in [0.15, 0.2) is 54.2 Å². The molecule has 1 aliphatic rings. The second kappa shape index (κ2) is 9.51. The van der Waals surface area contributed by atoms with Gasteiger partial charge in [-0.15, -0.1) is 16.8 Å². The Morgan fingerprint density at radius 2 is 2.17 bits per heavy atom. The highest BCUT2D eigenvalue weighted by Gasteiger charge is 2.19. The molecule has 2 aromatic carbocycles. The van der Waals surface area contributed by atoms with E-state index in [1.165, 1.54) is 17.8 Å². The summed E-state index contributed by atoms with van der Waals surface area (Å²) < 4.78 is 32.3. The Kier molecular flexibility index (Phi) is 6.56. The van der Waals surface area contributed by atoms with Crippen molar-refractivity contribution in [3.8, 4) is 11.5 Å². The smallest absolute Gasteiger partial charge is 0.191 e. The Morgan fingerprint density at radius 1 is 1.30 bits per heavy atom.